The van der Waals surface area contributed by atoms with Crippen LogP contribution in [-0.4, -0.2) is 22.2 Å². The fourth-order valence-electron chi connectivity index (χ4n) is 3.30. The maximum absolute atomic E-state index is 12.0. The molecule has 2 aromatic heterocycles. The molecule has 25 heavy (non-hydrogen) atoms. The Hall–Kier alpha value is -2.56. The van der Waals surface area contributed by atoms with Crippen LogP contribution in [0.1, 0.15) is 35.6 Å². The van der Waals surface area contributed by atoms with Crippen LogP contribution in [-0.2, 0) is 17.8 Å². The van der Waals surface area contributed by atoms with Gasteiger partial charge in [0.05, 0.1) is 5.69 Å². The summed E-state index contributed by atoms with van der Waals surface area (Å²) < 4.78 is 7.44. The van der Waals surface area contributed by atoms with E-state index in [1.54, 1.807) is 0 Å². The quantitative estimate of drug-likeness (QED) is 0.668. The van der Waals surface area contributed by atoms with E-state index in [-0.39, 0.29) is 5.91 Å². The zero-order chi connectivity index (χ0) is 17.8. The average molecular weight is 339 g/mol. The van der Waals surface area contributed by atoms with Crippen molar-refractivity contribution in [2.24, 2.45) is 0 Å². The van der Waals surface area contributed by atoms with Crippen LogP contribution in [0.3, 0.4) is 0 Å². The summed E-state index contributed by atoms with van der Waals surface area (Å²) in [5, 5.41) is 8.20. The Bertz CT molecular complexity index is 857. The van der Waals surface area contributed by atoms with Gasteiger partial charge < -0.3 is 14.4 Å². The number of nitrogens with one attached hydrogen (secondary N) is 1. The first-order chi connectivity index (χ1) is 12.1. The molecule has 2 heterocycles. The Morgan fingerprint density at radius 1 is 1.24 bits per heavy atom. The first-order valence-corrected chi connectivity index (χ1v) is 8.79. The normalized spacial score (nSPS) is 11.2. The molecule has 132 valence electrons. The van der Waals surface area contributed by atoms with Gasteiger partial charge in [-0.2, -0.15) is 0 Å². The third kappa shape index (κ3) is 3.92. The van der Waals surface area contributed by atoms with Crippen molar-refractivity contribution in [3.63, 3.8) is 0 Å². The first-order valence-electron chi connectivity index (χ1n) is 8.79. The number of benzene rings is 1. The lowest BCUT2D eigenvalue weighted by Crippen LogP contribution is -2.25. The second-order valence-electron chi connectivity index (χ2n) is 6.50. The molecule has 1 N–H and O–H groups in total. The van der Waals surface area contributed by atoms with Gasteiger partial charge in [0.25, 0.3) is 0 Å². The fraction of sp³-hybridized carbons (Fsp3) is 0.400. The van der Waals surface area contributed by atoms with Gasteiger partial charge in [0.2, 0.25) is 5.91 Å². The van der Waals surface area contributed by atoms with E-state index in [1.165, 1.54) is 16.6 Å². The number of para-hydroxylation sites is 1. The van der Waals surface area contributed by atoms with Gasteiger partial charge in [0.1, 0.15) is 5.76 Å². The van der Waals surface area contributed by atoms with E-state index >= 15 is 0 Å². The van der Waals surface area contributed by atoms with E-state index < -0.39 is 0 Å². The zero-order valence-electron chi connectivity index (χ0n) is 15.1. The molecule has 5 nitrogen and oxygen atoms in total. The van der Waals surface area contributed by atoms with E-state index in [9.17, 15) is 4.79 Å². The maximum atomic E-state index is 12.0. The largest absolute Gasteiger partial charge is 0.361 e. The van der Waals surface area contributed by atoms with Crippen molar-refractivity contribution >= 4 is 16.8 Å². The molecule has 0 spiro atoms. The third-order valence-electron chi connectivity index (χ3n) is 4.68. The van der Waals surface area contributed by atoms with E-state index in [0.29, 0.717) is 19.4 Å². The van der Waals surface area contributed by atoms with Crippen molar-refractivity contribution in [2.45, 2.75) is 46.6 Å². The predicted octanol–water partition coefficient (Wildman–Crippen LogP) is 3.69. The van der Waals surface area contributed by atoms with Crippen molar-refractivity contribution < 1.29 is 9.32 Å². The molecule has 0 bridgehead atoms. The van der Waals surface area contributed by atoms with Gasteiger partial charge in [0, 0.05) is 36.3 Å². The number of nitrogens with zero attached hydrogens (tertiary/aromatic N) is 2. The van der Waals surface area contributed by atoms with Gasteiger partial charge in [-0.15, -0.1) is 0 Å². The van der Waals surface area contributed by atoms with Crippen LogP contribution in [0.25, 0.3) is 10.9 Å². The Morgan fingerprint density at radius 3 is 2.80 bits per heavy atom. The van der Waals surface area contributed by atoms with Crippen molar-refractivity contribution in [1.29, 1.82) is 0 Å². The molecule has 0 saturated heterocycles. The number of aromatic nitrogens is 2. The summed E-state index contributed by atoms with van der Waals surface area (Å²) in [7, 11) is 0. The van der Waals surface area contributed by atoms with Crippen molar-refractivity contribution in [2.75, 3.05) is 6.54 Å². The Balaban J connectivity index is 1.45. The lowest BCUT2D eigenvalue weighted by atomic mass is 10.1. The number of aryl methyl sites for hydroxylation is 4. The topological polar surface area (TPSA) is 60.1 Å². The molecule has 1 aromatic carbocycles. The summed E-state index contributed by atoms with van der Waals surface area (Å²) in [6.45, 7) is 7.52. The van der Waals surface area contributed by atoms with Gasteiger partial charge in [-0.3, -0.25) is 4.79 Å². The maximum Gasteiger partial charge on any atom is 0.220 e. The summed E-state index contributed by atoms with van der Waals surface area (Å²) in [6.07, 6.45) is 2.05. The smallest absolute Gasteiger partial charge is 0.220 e. The molecular formula is C20H25N3O2. The van der Waals surface area contributed by atoms with Crippen molar-refractivity contribution in [3.8, 4) is 0 Å². The monoisotopic (exact) mass is 339 g/mol. The lowest BCUT2D eigenvalue weighted by molar-refractivity contribution is -0.121. The zero-order valence-corrected chi connectivity index (χ0v) is 15.1. The standard InChI is InChI=1S/C20H25N3O2/c1-14-13-17-7-4-5-8-19(17)23(14)12-6-11-21-20(24)10-9-18-15(2)22-25-16(18)3/h4-5,7-8,13H,6,9-12H2,1-3H3,(H,21,24). The van der Waals surface area contributed by atoms with Gasteiger partial charge >= 0.3 is 0 Å². The predicted molar refractivity (Wildman–Crippen MR) is 98.6 cm³/mol. The summed E-state index contributed by atoms with van der Waals surface area (Å²) in [6, 6.07) is 10.6. The molecule has 0 atom stereocenters. The number of carbonyl (C=O) groups is 1. The van der Waals surface area contributed by atoms with Gasteiger partial charge in [-0.05, 0) is 51.1 Å². The minimum absolute atomic E-state index is 0.0779. The second-order valence-corrected chi connectivity index (χ2v) is 6.50. The van der Waals surface area contributed by atoms with Crippen molar-refractivity contribution in [3.05, 3.63) is 53.0 Å². The molecule has 0 radical (unpaired) electrons. The average Bonchev–Trinajstić information content (AvgIpc) is 3.09. The van der Waals surface area contributed by atoms with E-state index in [4.69, 9.17) is 4.52 Å². The van der Waals surface area contributed by atoms with Gasteiger partial charge in [-0.1, -0.05) is 23.4 Å². The van der Waals surface area contributed by atoms with Crippen LogP contribution in [0.4, 0.5) is 0 Å². The number of amides is 1. The molecule has 3 aromatic rings. The molecule has 3 rings (SSSR count). The highest BCUT2D eigenvalue weighted by molar-refractivity contribution is 5.81. The molecule has 0 aliphatic carbocycles. The number of rotatable bonds is 7. The number of hydrogen-bond acceptors (Lipinski definition) is 3. The summed E-state index contributed by atoms with van der Waals surface area (Å²) in [4.78, 5) is 12.0. The van der Waals surface area contributed by atoms with E-state index in [1.807, 2.05) is 13.8 Å². The highest BCUT2D eigenvalue weighted by atomic mass is 16.5. The minimum Gasteiger partial charge on any atom is -0.361 e. The number of hydrogen-bond donors (Lipinski definition) is 1. The van der Waals surface area contributed by atoms with Crippen LogP contribution in [0.5, 0.6) is 0 Å². The SMILES string of the molecule is Cc1noc(C)c1CCC(=O)NCCCn1c(C)cc2ccccc21. The Labute approximate surface area is 148 Å². The summed E-state index contributed by atoms with van der Waals surface area (Å²) in [5.74, 6) is 0.884. The van der Waals surface area contributed by atoms with Crippen LogP contribution in [0, 0.1) is 20.8 Å². The van der Waals surface area contributed by atoms with Crippen molar-refractivity contribution in [1.82, 2.24) is 15.0 Å². The van der Waals surface area contributed by atoms with Gasteiger partial charge in [0.15, 0.2) is 0 Å². The molecule has 0 aliphatic rings. The van der Waals surface area contributed by atoms with Crippen LogP contribution in [0.2, 0.25) is 0 Å². The molecule has 0 unspecified atom stereocenters. The molecule has 0 aliphatic heterocycles. The van der Waals surface area contributed by atoms with Crippen LogP contribution < -0.4 is 5.32 Å². The number of fused-ring (bicyclic) bond motifs is 1. The highest BCUT2D eigenvalue weighted by Crippen LogP contribution is 2.19. The molecular weight excluding hydrogens is 314 g/mol. The molecule has 5 heteroatoms. The summed E-state index contributed by atoms with van der Waals surface area (Å²) in [5.41, 5.74) is 4.43. The minimum atomic E-state index is 0.0779. The van der Waals surface area contributed by atoms with Crippen LogP contribution >= 0.6 is 0 Å². The van der Waals surface area contributed by atoms with E-state index in [2.05, 4.69) is 52.3 Å². The third-order valence-corrected chi connectivity index (χ3v) is 4.68. The molecule has 0 fully saturated rings. The fourth-order valence-corrected chi connectivity index (χ4v) is 3.30. The molecule has 0 saturated carbocycles. The lowest BCUT2D eigenvalue weighted by Gasteiger charge is -2.09. The van der Waals surface area contributed by atoms with Gasteiger partial charge in [-0.25, -0.2) is 0 Å². The Kier molecular flexibility index (Phi) is 5.22. The first kappa shape index (κ1) is 17.3. The van der Waals surface area contributed by atoms with Crippen LogP contribution in [0.15, 0.2) is 34.9 Å². The van der Waals surface area contributed by atoms with E-state index in [0.717, 1.165) is 30.0 Å². The molecule has 1 amide bonds. The second kappa shape index (κ2) is 7.55. The highest BCUT2D eigenvalue weighted by Gasteiger charge is 2.11. The summed E-state index contributed by atoms with van der Waals surface area (Å²) >= 11 is 0. The Morgan fingerprint density at radius 2 is 2.04 bits per heavy atom. The number of carbonyl (C=O) groups excluding carboxylic acids is 1.